The zero-order valence-electron chi connectivity index (χ0n) is 17.7. The van der Waals surface area contributed by atoms with E-state index < -0.39 is 0 Å². The van der Waals surface area contributed by atoms with E-state index in [4.69, 9.17) is 9.72 Å². The van der Waals surface area contributed by atoms with Crippen LogP contribution >= 0.6 is 0 Å². The maximum absolute atomic E-state index is 9.63. The average Bonchev–Trinajstić information content (AvgIpc) is 2.81. The Balaban J connectivity index is 1.34. The molecule has 162 valence electrons. The lowest BCUT2D eigenvalue weighted by Gasteiger charge is -2.31. The second-order valence-electron chi connectivity index (χ2n) is 7.63. The first-order valence-corrected chi connectivity index (χ1v) is 10.7. The molecule has 0 unspecified atom stereocenters. The number of hydrogen-bond acceptors (Lipinski definition) is 8. The van der Waals surface area contributed by atoms with E-state index in [2.05, 4.69) is 31.2 Å². The molecule has 0 amide bonds. The van der Waals surface area contributed by atoms with Gasteiger partial charge in [-0.25, -0.2) is 9.97 Å². The summed E-state index contributed by atoms with van der Waals surface area (Å²) in [7, 11) is 0. The van der Waals surface area contributed by atoms with Crippen LogP contribution in [0.3, 0.4) is 0 Å². The lowest BCUT2D eigenvalue weighted by atomic mass is 9.93. The molecule has 1 saturated heterocycles. The Labute approximate surface area is 182 Å². The van der Waals surface area contributed by atoms with E-state index in [9.17, 15) is 5.11 Å². The molecule has 0 radical (unpaired) electrons. The topological polar surface area (TPSA) is 96.3 Å². The van der Waals surface area contributed by atoms with Crippen molar-refractivity contribution in [3.05, 3.63) is 66.0 Å². The lowest BCUT2D eigenvalue weighted by molar-refractivity contribution is 0.203. The second kappa shape index (κ2) is 10.3. The molecular weight excluding hydrogens is 392 g/mol. The first-order valence-electron chi connectivity index (χ1n) is 10.7. The number of rotatable bonds is 8. The number of aliphatic hydroxyl groups excluding tert-OH is 1. The molecule has 3 aromatic rings. The molecule has 2 N–H and O–H groups in total. The molecule has 0 atom stereocenters. The third kappa shape index (κ3) is 5.53. The smallest absolute Gasteiger partial charge is 0.150 e. The number of benzene rings is 1. The van der Waals surface area contributed by atoms with E-state index in [0.717, 1.165) is 49.5 Å². The third-order valence-electron chi connectivity index (χ3n) is 5.48. The van der Waals surface area contributed by atoms with E-state index in [1.54, 1.807) is 24.8 Å². The van der Waals surface area contributed by atoms with Crippen LogP contribution in [-0.4, -0.2) is 49.6 Å². The highest BCUT2D eigenvalue weighted by Crippen LogP contribution is 2.29. The van der Waals surface area contributed by atoms with Gasteiger partial charge in [0.25, 0.3) is 0 Å². The normalized spacial score (nSPS) is 15.0. The first kappa shape index (κ1) is 21.1. The Morgan fingerprint density at radius 1 is 1.10 bits per heavy atom. The van der Waals surface area contributed by atoms with Gasteiger partial charge in [0.05, 0.1) is 31.3 Å². The fraction of sp³-hybridized carbons (Fsp3) is 0.391. The predicted molar refractivity (Wildman–Crippen MR) is 118 cm³/mol. The Morgan fingerprint density at radius 3 is 2.68 bits per heavy atom. The van der Waals surface area contributed by atoms with E-state index in [0.29, 0.717) is 24.2 Å². The maximum Gasteiger partial charge on any atom is 0.150 e. The summed E-state index contributed by atoms with van der Waals surface area (Å²) in [4.78, 5) is 19.8. The minimum atomic E-state index is -0.0111. The summed E-state index contributed by atoms with van der Waals surface area (Å²) in [5, 5.41) is 12.8. The Hall–Kier alpha value is -3.10. The number of aromatic nitrogens is 4. The van der Waals surface area contributed by atoms with E-state index >= 15 is 0 Å². The van der Waals surface area contributed by atoms with Gasteiger partial charge in [0.2, 0.25) is 0 Å². The molecule has 0 bridgehead atoms. The number of aliphatic hydroxyl groups is 1. The number of piperidine rings is 1. The predicted octanol–water partition coefficient (Wildman–Crippen LogP) is 3.28. The number of nitrogens with zero attached hydrogens (tertiary/aromatic N) is 5. The molecule has 2 aromatic heterocycles. The summed E-state index contributed by atoms with van der Waals surface area (Å²) in [6.07, 6.45) is 10.6. The summed E-state index contributed by atoms with van der Waals surface area (Å²) >= 11 is 0. The number of ether oxygens (including phenoxy) is 1. The van der Waals surface area contributed by atoms with Gasteiger partial charge in [-0.1, -0.05) is 6.07 Å². The van der Waals surface area contributed by atoms with Crippen molar-refractivity contribution in [2.24, 2.45) is 0 Å². The summed E-state index contributed by atoms with van der Waals surface area (Å²) in [6, 6.07) is 6.09. The maximum atomic E-state index is 9.63. The molecule has 4 rings (SSSR count). The van der Waals surface area contributed by atoms with Gasteiger partial charge in [-0.05, 0) is 50.6 Å². The fourth-order valence-electron chi connectivity index (χ4n) is 3.93. The van der Waals surface area contributed by atoms with Crippen molar-refractivity contribution in [2.75, 3.05) is 25.0 Å². The van der Waals surface area contributed by atoms with Gasteiger partial charge in [-0.3, -0.25) is 14.9 Å². The van der Waals surface area contributed by atoms with Crippen molar-refractivity contribution in [1.82, 2.24) is 24.8 Å². The largest absolute Gasteiger partial charge is 0.494 e. The molecule has 31 heavy (non-hydrogen) atoms. The Kier molecular flexibility index (Phi) is 7.01. The monoisotopic (exact) mass is 420 g/mol. The van der Waals surface area contributed by atoms with Crippen LogP contribution in [-0.2, 0) is 13.2 Å². The highest BCUT2D eigenvalue weighted by molar-refractivity contribution is 5.48. The average molecular weight is 421 g/mol. The second-order valence-corrected chi connectivity index (χ2v) is 7.63. The van der Waals surface area contributed by atoms with Gasteiger partial charge in [-0.2, -0.15) is 0 Å². The van der Waals surface area contributed by atoms with Crippen LogP contribution < -0.4 is 10.1 Å². The molecule has 1 fully saturated rings. The van der Waals surface area contributed by atoms with Gasteiger partial charge in [0.1, 0.15) is 17.4 Å². The standard InChI is InChI=1S/C23H28N6O2/c1-2-31-21-4-3-17(11-19(21)16-30)15-29-9-5-18(6-10-29)20-12-25-14-23(27-20)28-22-13-24-7-8-26-22/h3-4,7-8,11-14,18,30H,2,5-6,9-10,15-16H2,1H3,(H,26,27,28). The van der Waals surface area contributed by atoms with Gasteiger partial charge in [0.15, 0.2) is 0 Å². The Morgan fingerprint density at radius 2 is 1.94 bits per heavy atom. The van der Waals surface area contributed by atoms with E-state index in [1.807, 2.05) is 25.3 Å². The Bertz CT molecular complexity index is 977. The molecule has 0 spiro atoms. The third-order valence-corrected chi connectivity index (χ3v) is 5.48. The highest BCUT2D eigenvalue weighted by atomic mass is 16.5. The number of likely N-dealkylation sites (tertiary alicyclic amines) is 1. The van der Waals surface area contributed by atoms with Crippen LogP contribution in [0.5, 0.6) is 5.75 Å². The lowest BCUT2D eigenvalue weighted by Crippen LogP contribution is -2.32. The van der Waals surface area contributed by atoms with Crippen LogP contribution in [0.1, 0.15) is 42.5 Å². The van der Waals surface area contributed by atoms with Gasteiger partial charge < -0.3 is 15.2 Å². The van der Waals surface area contributed by atoms with Gasteiger partial charge >= 0.3 is 0 Å². The summed E-state index contributed by atoms with van der Waals surface area (Å²) in [5.41, 5.74) is 3.05. The summed E-state index contributed by atoms with van der Waals surface area (Å²) < 4.78 is 5.58. The quantitative estimate of drug-likeness (QED) is 0.573. The van der Waals surface area contributed by atoms with Crippen LogP contribution in [0.25, 0.3) is 0 Å². The number of nitrogens with one attached hydrogen (secondary N) is 1. The van der Waals surface area contributed by atoms with E-state index in [-0.39, 0.29) is 6.61 Å². The number of anilines is 2. The molecule has 8 heteroatoms. The zero-order chi connectivity index (χ0) is 21.5. The molecule has 3 heterocycles. The minimum Gasteiger partial charge on any atom is -0.494 e. The molecule has 1 aliphatic rings. The van der Waals surface area contributed by atoms with Crippen LogP contribution in [0.4, 0.5) is 11.6 Å². The van der Waals surface area contributed by atoms with Gasteiger partial charge in [0, 0.05) is 36.6 Å². The molecule has 0 aliphatic carbocycles. The molecular formula is C23H28N6O2. The highest BCUT2D eigenvalue weighted by Gasteiger charge is 2.22. The molecule has 0 saturated carbocycles. The fourth-order valence-corrected chi connectivity index (χ4v) is 3.93. The van der Waals surface area contributed by atoms with Gasteiger partial charge in [-0.15, -0.1) is 0 Å². The van der Waals surface area contributed by atoms with Crippen molar-refractivity contribution in [1.29, 1.82) is 0 Å². The minimum absolute atomic E-state index is 0.0111. The van der Waals surface area contributed by atoms with Crippen molar-refractivity contribution < 1.29 is 9.84 Å². The van der Waals surface area contributed by atoms with Crippen molar-refractivity contribution in [3.8, 4) is 5.75 Å². The first-order chi connectivity index (χ1) is 15.2. The number of hydrogen-bond donors (Lipinski definition) is 2. The summed E-state index contributed by atoms with van der Waals surface area (Å²) in [5.74, 6) is 2.49. The van der Waals surface area contributed by atoms with Crippen molar-refractivity contribution >= 4 is 11.6 Å². The molecule has 1 aromatic carbocycles. The van der Waals surface area contributed by atoms with Crippen LogP contribution in [0, 0.1) is 0 Å². The van der Waals surface area contributed by atoms with Crippen LogP contribution in [0.15, 0.2) is 49.2 Å². The van der Waals surface area contributed by atoms with E-state index in [1.165, 1.54) is 5.56 Å². The van der Waals surface area contributed by atoms with Crippen molar-refractivity contribution in [2.45, 2.75) is 38.8 Å². The van der Waals surface area contributed by atoms with Crippen LogP contribution in [0.2, 0.25) is 0 Å². The zero-order valence-corrected chi connectivity index (χ0v) is 17.7. The SMILES string of the molecule is CCOc1ccc(CN2CCC(c3cncc(Nc4cnccn4)n3)CC2)cc1CO. The molecule has 1 aliphatic heterocycles. The molecule has 8 nitrogen and oxygen atoms in total. The summed E-state index contributed by atoms with van der Waals surface area (Å²) in [6.45, 7) is 5.39. The van der Waals surface area contributed by atoms with Crippen molar-refractivity contribution in [3.63, 3.8) is 0 Å².